The molecule has 0 aliphatic rings. The molecule has 0 rings (SSSR count). The predicted octanol–water partition coefficient (Wildman–Crippen LogP) is 1.79. The molecule has 27 heavy (non-hydrogen) atoms. The molecule has 0 spiro atoms. The van der Waals surface area contributed by atoms with Crippen LogP contribution >= 0.6 is 0 Å². The molecule has 2 atom stereocenters. The molecule has 0 bridgehead atoms. The van der Waals surface area contributed by atoms with Crippen LogP contribution in [0.15, 0.2) is 0 Å². The van der Waals surface area contributed by atoms with Gasteiger partial charge in [0.05, 0.1) is 39.1 Å². The van der Waals surface area contributed by atoms with Crippen molar-refractivity contribution in [1.82, 2.24) is 4.90 Å². The Balaban J connectivity index is 0. The van der Waals surface area contributed by atoms with E-state index in [4.69, 9.17) is 23.7 Å². The van der Waals surface area contributed by atoms with Crippen molar-refractivity contribution in [1.29, 1.82) is 0 Å². The minimum atomic E-state index is -0.919. The van der Waals surface area contributed by atoms with Gasteiger partial charge in [-0.25, -0.2) is 0 Å². The van der Waals surface area contributed by atoms with Gasteiger partial charge in [0.15, 0.2) is 0 Å². The molecule has 0 saturated heterocycles. The molecular formula is C19H38NO6Y-. The molecule has 0 amide bonds. The number of hydrogen-bond donors (Lipinski definition) is 0. The third kappa shape index (κ3) is 15.9. The van der Waals surface area contributed by atoms with Crippen LogP contribution in [0.4, 0.5) is 0 Å². The number of rotatable bonds is 17. The second-order valence-electron chi connectivity index (χ2n) is 6.53. The van der Waals surface area contributed by atoms with Gasteiger partial charge in [-0.1, -0.05) is 20.8 Å². The zero-order valence-electron chi connectivity index (χ0n) is 17.8. The minimum Gasteiger partial charge on any atom is -0.466 e. The van der Waals surface area contributed by atoms with Crippen molar-refractivity contribution in [2.45, 2.75) is 33.8 Å². The number of esters is 1. The first-order valence-corrected chi connectivity index (χ1v) is 9.38. The van der Waals surface area contributed by atoms with Crippen LogP contribution in [0, 0.1) is 12.3 Å². The van der Waals surface area contributed by atoms with Crippen molar-refractivity contribution in [2.24, 2.45) is 5.41 Å². The average molecular weight is 465 g/mol. The summed E-state index contributed by atoms with van der Waals surface area (Å²) in [5.74, 6) is -0.342. The van der Waals surface area contributed by atoms with Crippen molar-refractivity contribution >= 4 is 5.97 Å². The summed E-state index contributed by atoms with van der Waals surface area (Å²) in [6.07, 6.45) is -0.0216. The SMILES string of the molecule is [CH2-]C(C)(COCCOC(C)COCCOC)C(=O)OCCN(CC)CC.[Y]. The van der Waals surface area contributed by atoms with Gasteiger partial charge in [-0.3, -0.25) is 4.79 Å². The molecule has 7 nitrogen and oxygen atoms in total. The van der Waals surface area contributed by atoms with Crippen molar-refractivity contribution in [3.05, 3.63) is 6.92 Å². The largest absolute Gasteiger partial charge is 0.466 e. The summed E-state index contributed by atoms with van der Waals surface area (Å²) >= 11 is 0. The maximum atomic E-state index is 12.1. The fourth-order valence-electron chi connectivity index (χ4n) is 2.09. The Kier molecular flexibility index (Phi) is 20.2. The van der Waals surface area contributed by atoms with Gasteiger partial charge in [0.2, 0.25) is 0 Å². The van der Waals surface area contributed by atoms with Crippen molar-refractivity contribution in [3.8, 4) is 0 Å². The van der Waals surface area contributed by atoms with E-state index in [0.717, 1.165) is 19.6 Å². The van der Waals surface area contributed by atoms with E-state index in [1.54, 1.807) is 14.0 Å². The van der Waals surface area contributed by atoms with E-state index in [-0.39, 0.29) is 51.4 Å². The van der Waals surface area contributed by atoms with Gasteiger partial charge in [-0.15, -0.1) is 0 Å². The van der Waals surface area contributed by atoms with Crippen molar-refractivity contribution in [2.75, 3.05) is 73.0 Å². The summed E-state index contributed by atoms with van der Waals surface area (Å²) < 4.78 is 26.7. The second-order valence-corrected chi connectivity index (χ2v) is 6.53. The molecule has 2 unspecified atom stereocenters. The van der Waals surface area contributed by atoms with Gasteiger partial charge < -0.3 is 35.5 Å². The van der Waals surface area contributed by atoms with E-state index in [2.05, 4.69) is 25.7 Å². The first-order valence-electron chi connectivity index (χ1n) is 9.38. The normalized spacial score (nSPS) is 14.5. The van der Waals surface area contributed by atoms with Gasteiger partial charge in [-0.2, -0.15) is 0 Å². The predicted molar refractivity (Wildman–Crippen MR) is 101 cm³/mol. The number of carbonyl (C=O) groups excluding carboxylic acids is 1. The Morgan fingerprint density at radius 1 is 1.07 bits per heavy atom. The van der Waals surface area contributed by atoms with Crippen LogP contribution in [0.25, 0.3) is 0 Å². The molecule has 0 aliphatic carbocycles. The fourth-order valence-corrected chi connectivity index (χ4v) is 2.09. The van der Waals surface area contributed by atoms with Gasteiger partial charge >= 0.3 is 0 Å². The van der Waals surface area contributed by atoms with E-state index < -0.39 is 5.41 Å². The van der Waals surface area contributed by atoms with E-state index in [9.17, 15) is 4.79 Å². The Hall–Kier alpha value is 0.374. The monoisotopic (exact) mass is 465 g/mol. The Bertz CT molecular complexity index is 353. The van der Waals surface area contributed by atoms with Crippen LogP contribution < -0.4 is 0 Å². The summed E-state index contributed by atoms with van der Waals surface area (Å²) in [6, 6.07) is 0. The summed E-state index contributed by atoms with van der Waals surface area (Å²) in [6.45, 7) is 17.4. The molecule has 159 valence electrons. The molecule has 1 radical (unpaired) electrons. The number of ether oxygens (including phenoxy) is 5. The molecule has 0 N–H and O–H groups in total. The zero-order chi connectivity index (χ0) is 19.8. The maximum absolute atomic E-state index is 12.1. The van der Waals surface area contributed by atoms with E-state index in [1.807, 2.05) is 6.92 Å². The molecule has 0 saturated carbocycles. The van der Waals surface area contributed by atoms with Crippen molar-refractivity contribution < 1.29 is 61.2 Å². The molecule has 0 aliphatic heterocycles. The Morgan fingerprint density at radius 3 is 2.30 bits per heavy atom. The summed E-state index contributed by atoms with van der Waals surface area (Å²) in [5, 5.41) is 0. The molecular weight excluding hydrogens is 427 g/mol. The number of likely N-dealkylation sites (N-methyl/N-ethyl adjacent to an activating group) is 1. The standard InChI is InChI=1S/C19H38NO6.Y/c1-7-20(8-2)9-10-26-18(21)19(4,5)16-24-13-14-25-17(3)15-23-12-11-22-6;/h17H,4,7-16H2,1-3,5-6H3;/q-1;. The van der Waals surface area contributed by atoms with E-state index in [0.29, 0.717) is 39.6 Å². The fraction of sp³-hybridized carbons (Fsp3) is 0.895. The topological polar surface area (TPSA) is 66.5 Å². The molecule has 0 aromatic rings. The smallest absolute Gasteiger partial charge is 0.283 e. The van der Waals surface area contributed by atoms with E-state index >= 15 is 0 Å². The van der Waals surface area contributed by atoms with Crippen LogP contribution in [0.5, 0.6) is 0 Å². The van der Waals surface area contributed by atoms with Crippen LogP contribution in [-0.4, -0.2) is 90.0 Å². The number of hydrogen-bond acceptors (Lipinski definition) is 7. The molecule has 0 aromatic heterocycles. The van der Waals surface area contributed by atoms with E-state index in [1.165, 1.54) is 0 Å². The van der Waals surface area contributed by atoms with Gasteiger partial charge in [0.25, 0.3) is 5.97 Å². The second kappa shape index (κ2) is 18.4. The van der Waals surface area contributed by atoms with Crippen LogP contribution in [0.3, 0.4) is 0 Å². The molecule has 0 fully saturated rings. The van der Waals surface area contributed by atoms with Gasteiger partial charge in [-0.05, 0) is 25.4 Å². The van der Waals surface area contributed by atoms with Crippen molar-refractivity contribution in [3.63, 3.8) is 0 Å². The molecule has 0 aromatic carbocycles. The first-order chi connectivity index (χ1) is 12.4. The average Bonchev–Trinajstić information content (AvgIpc) is 2.61. The first kappa shape index (κ1) is 29.6. The minimum absolute atomic E-state index is 0. The third-order valence-corrected chi connectivity index (χ3v) is 3.86. The summed E-state index contributed by atoms with van der Waals surface area (Å²) in [7, 11) is 1.64. The molecule has 0 heterocycles. The summed E-state index contributed by atoms with van der Waals surface area (Å²) in [4.78, 5) is 14.3. The maximum Gasteiger partial charge on any atom is 0.283 e. The molecule has 8 heteroatoms. The number of carbonyl (C=O) groups is 1. The van der Waals surface area contributed by atoms with Crippen LogP contribution in [0.1, 0.15) is 27.7 Å². The van der Waals surface area contributed by atoms with Crippen LogP contribution in [0.2, 0.25) is 0 Å². The van der Waals surface area contributed by atoms with Gasteiger partial charge in [0.1, 0.15) is 6.61 Å². The Labute approximate surface area is 190 Å². The zero-order valence-corrected chi connectivity index (χ0v) is 20.7. The number of nitrogens with zero attached hydrogens (tertiary/aromatic N) is 1. The van der Waals surface area contributed by atoms with Crippen LogP contribution in [-0.2, 0) is 61.2 Å². The van der Waals surface area contributed by atoms with Gasteiger partial charge in [0, 0.05) is 53.0 Å². The third-order valence-electron chi connectivity index (χ3n) is 3.86. The summed E-state index contributed by atoms with van der Waals surface area (Å²) in [5.41, 5.74) is -0.919. The number of methoxy groups -OCH3 is 1. The quantitative estimate of drug-likeness (QED) is 0.184. The Morgan fingerprint density at radius 2 is 1.70 bits per heavy atom.